The molecule has 2 aromatic heterocycles. The van der Waals surface area contributed by atoms with Crippen LogP contribution in [0.1, 0.15) is 18.1 Å². The van der Waals surface area contributed by atoms with E-state index in [1.54, 1.807) is 4.68 Å². The second-order valence-electron chi connectivity index (χ2n) is 5.88. The number of halogens is 1. The first-order chi connectivity index (χ1) is 13.2. The Bertz CT molecular complexity index is 1160. The number of nitrogens with zero attached hydrogens (tertiary/aromatic N) is 4. The second kappa shape index (κ2) is 7.54. The number of rotatable bonds is 5. The van der Waals surface area contributed by atoms with Crippen molar-refractivity contribution >= 4 is 34.3 Å². The molecule has 0 saturated carbocycles. The van der Waals surface area contributed by atoms with Gasteiger partial charge < -0.3 is 4.42 Å². The van der Waals surface area contributed by atoms with Gasteiger partial charge in [-0.1, -0.05) is 48.5 Å². The van der Waals surface area contributed by atoms with E-state index in [1.807, 2.05) is 49.4 Å². The average molecular weight is 399 g/mol. The second-order valence-corrected chi connectivity index (χ2v) is 7.23. The molecule has 4 aromatic rings. The number of tetrazole rings is 1. The Morgan fingerprint density at radius 3 is 2.74 bits per heavy atom. The van der Waals surface area contributed by atoms with Crippen LogP contribution in [0.25, 0.3) is 16.7 Å². The van der Waals surface area contributed by atoms with Gasteiger partial charge in [-0.25, -0.2) is 4.79 Å². The third-order valence-electron chi connectivity index (χ3n) is 4.18. The third kappa shape index (κ3) is 3.61. The van der Waals surface area contributed by atoms with Gasteiger partial charge in [0, 0.05) is 22.2 Å². The van der Waals surface area contributed by atoms with Crippen LogP contribution in [0.4, 0.5) is 0 Å². The molecule has 0 radical (unpaired) electrons. The van der Waals surface area contributed by atoms with Gasteiger partial charge in [0.05, 0.1) is 5.69 Å². The van der Waals surface area contributed by atoms with Crippen LogP contribution in [0.3, 0.4) is 0 Å². The van der Waals surface area contributed by atoms with Crippen molar-refractivity contribution < 1.29 is 4.42 Å². The highest BCUT2D eigenvalue weighted by Gasteiger charge is 2.13. The van der Waals surface area contributed by atoms with Gasteiger partial charge in [0.15, 0.2) is 0 Å². The molecule has 136 valence electrons. The molecule has 0 aliphatic rings. The molecule has 0 saturated heterocycles. The molecule has 0 N–H and O–H groups in total. The summed E-state index contributed by atoms with van der Waals surface area (Å²) < 4.78 is 7.03. The van der Waals surface area contributed by atoms with E-state index in [0.29, 0.717) is 21.5 Å². The van der Waals surface area contributed by atoms with Crippen LogP contribution in [-0.4, -0.2) is 20.2 Å². The lowest BCUT2D eigenvalue weighted by atomic mass is 10.1. The van der Waals surface area contributed by atoms with E-state index in [2.05, 4.69) is 15.5 Å². The summed E-state index contributed by atoms with van der Waals surface area (Å²) in [7, 11) is 0. The van der Waals surface area contributed by atoms with Crippen LogP contribution in [-0.2, 0) is 12.2 Å². The van der Waals surface area contributed by atoms with Gasteiger partial charge in [-0.2, -0.15) is 4.68 Å². The van der Waals surface area contributed by atoms with Crippen molar-refractivity contribution in [2.45, 2.75) is 24.3 Å². The Morgan fingerprint density at radius 2 is 1.96 bits per heavy atom. The molecule has 2 aromatic carbocycles. The molecular weight excluding hydrogens is 384 g/mol. The van der Waals surface area contributed by atoms with Gasteiger partial charge in [0.25, 0.3) is 0 Å². The minimum atomic E-state index is -0.384. The lowest BCUT2D eigenvalue weighted by molar-refractivity contribution is 0.559. The van der Waals surface area contributed by atoms with Crippen LogP contribution in [0, 0.1) is 0 Å². The van der Waals surface area contributed by atoms with Gasteiger partial charge >= 0.3 is 5.63 Å². The predicted molar refractivity (Wildman–Crippen MR) is 106 cm³/mol. The first-order valence-electron chi connectivity index (χ1n) is 8.37. The van der Waals surface area contributed by atoms with E-state index >= 15 is 0 Å². The van der Waals surface area contributed by atoms with Crippen LogP contribution >= 0.6 is 23.4 Å². The van der Waals surface area contributed by atoms with Crippen molar-refractivity contribution in [2.75, 3.05) is 0 Å². The summed E-state index contributed by atoms with van der Waals surface area (Å²) in [6.07, 6.45) is 0.767. The van der Waals surface area contributed by atoms with Crippen LogP contribution in [0.5, 0.6) is 0 Å². The standard InChI is InChI=1S/C19H15ClN4O2S/c1-2-12-8-17-15(10-16(12)20)13(9-18(25)26-17)11-27-19-21-22-23-24(19)14-6-4-3-5-7-14/h3-10H,2,11H2,1H3. The summed E-state index contributed by atoms with van der Waals surface area (Å²) >= 11 is 7.80. The molecule has 0 aliphatic heterocycles. The number of hydrogen-bond acceptors (Lipinski definition) is 6. The summed E-state index contributed by atoms with van der Waals surface area (Å²) in [5, 5.41) is 14.0. The van der Waals surface area contributed by atoms with Crippen LogP contribution in [0.2, 0.25) is 5.02 Å². The molecule has 0 bridgehead atoms. The quantitative estimate of drug-likeness (QED) is 0.369. The topological polar surface area (TPSA) is 73.8 Å². The fraction of sp³-hybridized carbons (Fsp3) is 0.158. The summed E-state index contributed by atoms with van der Waals surface area (Å²) in [5.74, 6) is 0.511. The maximum absolute atomic E-state index is 12.0. The minimum Gasteiger partial charge on any atom is -0.423 e. The van der Waals surface area contributed by atoms with Crippen molar-refractivity contribution in [2.24, 2.45) is 0 Å². The predicted octanol–water partition coefficient (Wildman–Crippen LogP) is 4.28. The number of hydrogen-bond donors (Lipinski definition) is 0. The van der Waals surface area contributed by atoms with E-state index in [4.69, 9.17) is 16.0 Å². The zero-order valence-corrected chi connectivity index (χ0v) is 16.0. The average Bonchev–Trinajstić information content (AvgIpc) is 3.15. The zero-order chi connectivity index (χ0) is 18.8. The van der Waals surface area contributed by atoms with Crippen molar-refractivity contribution in [3.05, 3.63) is 75.1 Å². The minimum absolute atomic E-state index is 0.384. The van der Waals surface area contributed by atoms with Crippen molar-refractivity contribution in [3.8, 4) is 5.69 Å². The molecule has 8 heteroatoms. The van der Waals surface area contributed by atoms with E-state index in [0.717, 1.165) is 28.6 Å². The molecule has 0 spiro atoms. The van der Waals surface area contributed by atoms with Crippen molar-refractivity contribution in [1.29, 1.82) is 0 Å². The number of para-hydroxylation sites is 1. The number of aromatic nitrogens is 4. The van der Waals surface area contributed by atoms with E-state index in [1.165, 1.54) is 17.8 Å². The highest BCUT2D eigenvalue weighted by Crippen LogP contribution is 2.30. The normalized spacial score (nSPS) is 11.2. The fourth-order valence-electron chi connectivity index (χ4n) is 2.82. The highest BCUT2D eigenvalue weighted by molar-refractivity contribution is 7.98. The maximum atomic E-state index is 12.0. The monoisotopic (exact) mass is 398 g/mol. The molecule has 0 aliphatic carbocycles. The summed E-state index contributed by atoms with van der Waals surface area (Å²) in [5.41, 5.74) is 2.81. The molecule has 0 unspecified atom stereocenters. The Balaban J connectivity index is 1.68. The number of benzene rings is 2. The smallest absolute Gasteiger partial charge is 0.336 e. The summed E-state index contributed by atoms with van der Waals surface area (Å²) in [6.45, 7) is 2.01. The lowest BCUT2D eigenvalue weighted by Crippen LogP contribution is -2.02. The summed E-state index contributed by atoms with van der Waals surface area (Å²) in [6, 6.07) is 14.8. The zero-order valence-electron chi connectivity index (χ0n) is 14.4. The summed E-state index contributed by atoms with van der Waals surface area (Å²) in [4.78, 5) is 12.0. The largest absolute Gasteiger partial charge is 0.423 e. The number of fused-ring (bicyclic) bond motifs is 1. The van der Waals surface area contributed by atoms with E-state index in [9.17, 15) is 4.79 Å². The van der Waals surface area contributed by atoms with Gasteiger partial charge in [-0.05, 0) is 52.2 Å². The van der Waals surface area contributed by atoms with Gasteiger partial charge in [-0.3, -0.25) is 0 Å². The molecule has 6 nitrogen and oxygen atoms in total. The number of thioether (sulfide) groups is 1. The fourth-order valence-corrected chi connectivity index (χ4v) is 4.00. The van der Waals surface area contributed by atoms with Gasteiger partial charge in [0.1, 0.15) is 5.58 Å². The Labute approximate surface area is 164 Å². The molecule has 0 amide bonds. The first-order valence-corrected chi connectivity index (χ1v) is 9.74. The third-order valence-corrected chi connectivity index (χ3v) is 5.50. The number of aryl methyl sites for hydroxylation is 1. The Morgan fingerprint density at radius 1 is 1.15 bits per heavy atom. The van der Waals surface area contributed by atoms with Gasteiger partial charge in [-0.15, -0.1) is 5.10 Å². The lowest BCUT2D eigenvalue weighted by Gasteiger charge is -2.08. The van der Waals surface area contributed by atoms with Gasteiger partial charge in [0.2, 0.25) is 5.16 Å². The van der Waals surface area contributed by atoms with Crippen LogP contribution < -0.4 is 5.63 Å². The molecule has 27 heavy (non-hydrogen) atoms. The van der Waals surface area contributed by atoms with E-state index < -0.39 is 0 Å². The Kier molecular flexibility index (Phi) is 4.96. The molecule has 0 fully saturated rings. The maximum Gasteiger partial charge on any atom is 0.336 e. The van der Waals surface area contributed by atoms with Crippen LogP contribution in [0.15, 0.2) is 62.9 Å². The van der Waals surface area contributed by atoms with Crippen molar-refractivity contribution in [3.63, 3.8) is 0 Å². The molecule has 0 atom stereocenters. The first kappa shape index (κ1) is 17.8. The molecular formula is C19H15ClN4O2S. The van der Waals surface area contributed by atoms with E-state index in [-0.39, 0.29) is 5.63 Å². The Hall–Kier alpha value is -2.64. The molecule has 4 rings (SSSR count). The molecule has 2 heterocycles. The van der Waals surface area contributed by atoms with Crippen molar-refractivity contribution in [1.82, 2.24) is 20.2 Å². The highest BCUT2D eigenvalue weighted by atomic mass is 35.5. The SMILES string of the molecule is CCc1cc2oc(=O)cc(CSc3nnnn3-c3ccccc3)c2cc1Cl.